The van der Waals surface area contributed by atoms with Gasteiger partial charge in [0.05, 0.1) is 4.90 Å². The van der Waals surface area contributed by atoms with Gasteiger partial charge in [0.15, 0.2) is 0 Å². The minimum Gasteiger partial charge on any atom is -0.326 e. The van der Waals surface area contributed by atoms with E-state index in [-0.39, 0.29) is 10.9 Å². The number of benzene rings is 1. The third-order valence-electron chi connectivity index (χ3n) is 2.84. The lowest BCUT2D eigenvalue weighted by atomic mass is 10.2. The fraction of sp³-hybridized carbons (Fsp3) is 0.231. The van der Waals surface area contributed by atoms with Crippen molar-refractivity contribution in [1.82, 2.24) is 4.72 Å². The Morgan fingerprint density at radius 3 is 2.47 bits per heavy atom. The normalized spacial score (nSPS) is 13.4. The second-order valence-corrected chi connectivity index (χ2v) is 6.74. The van der Waals surface area contributed by atoms with Crippen LogP contribution in [0.25, 0.3) is 0 Å². The van der Waals surface area contributed by atoms with Gasteiger partial charge in [0.25, 0.3) is 0 Å². The molecule has 2 rings (SSSR count). The fourth-order valence-corrected chi connectivity index (χ4v) is 3.68. The van der Waals surface area contributed by atoms with Crippen molar-refractivity contribution in [2.24, 2.45) is 5.73 Å². The van der Waals surface area contributed by atoms with Crippen LogP contribution in [0.15, 0.2) is 46.0 Å². The molecule has 6 heteroatoms. The van der Waals surface area contributed by atoms with Crippen LogP contribution in [0.4, 0.5) is 0 Å². The Hall–Kier alpha value is -1.21. The lowest BCUT2D eigenvalue weighted by molar-refractivity contribution is 0.567. The van der Waals surface area contributed by atoms with E-state index < -0.39 is 10.0 Å². The maximum Gasteiger partial charge on any atom is 0.241 e. The lowest BCUT2D eigenvalue weighted by Gasteiger charge is -2.13. The van der Waals surface area contributed by atoms with Gasteiger partial charge in [0.1, 0.15) is 0 Å². The zero-order valence-electron chi connectivity index (χ0n) is 10.5. The van der Waals surface area contributed by atoms with Gasteiger partial charge in [-0.3, -0.25) is 0 Å². The van der Waals surface area contributed by atoms with Gasteiger partial charge >= 0.3 is 0 Å². The zero-order chi connectivity index (χ0) is 13.9. The third kappa shape index (κ3) is 3.42. The molecule has 4 nitrogen and oxygen atoms in total. The van der Waals surface area contributed by atoms with E-state index in [1.807, 2.05) is 23.8 Å². The standard InChI is InChI=1S/C13H16N2O2S2/c1-10(12-6-7-18-9-12)15-19(16,17)13-4-2-11(8-14)3-5-13/h2-7,9-10,15H,8,14H2,1H3. The van der Waals surface area contributed by atoms with Gasteiger partial charge in [0.2, 0.25) is 10.0 Å². The van der Waals surface area contributed by atoms with E-state index in [4.69, 9.17) is 5.73 Å². The molecule has 0 radical (unpaired) electrons. The van der Waals surface area contributed by atoms with Crippen LogP contribution in [0.1, 0.15) is 24.1 Å². The number of nitrogens with one attached hydrogen (secondary N) is 1. The van der Waals surface area contributed by atoms with E-state index in [0.29, 0.717) is 6.54 Å². The minimum atomic E-state index is -3.50. The Labute approximate surface area is 117 Å². The summed E-state index contributed by atoms with van der Waals surface area (Å²) < 4.78 is 27.1. The van der Waals surface area contributed by atoms with Crippen molar-refractivity contribution in [3.05, 3.63) is 52.2 Å². The minimum absolute atomic E-state index is 0.245. The van der Waals surface area contributed by atoms with Gasteiger partial charge < -0.3 is 5.73 Å². The topological polar surface area (TPSA) is 72.2 Å². The first kappa shape index (κ1) is 14.2. The Morgan fingerprint density at radius 2 is 1.95 bits per heavy atom. The highest BCUT2D eigenvalue weighted by Crippen LogP contribution is 2.19. The van der Waals surface area contributed by atoms with Crippen molar-refractivity contribution in [1.29, 1.82) is 0 Å². The summed E-state index contributed by atoms with van der Waals surface area (Å²) >= 11 is 1.55. The van der Waals surface area contributed by atoms with Gasteiger partial charge in [-0.05, 0) is 47.0 Å². The molecule has 0 saturated carbocycles. The molecule has 0 bridgehead atoms. The first-order valence-corrected chi connectivity index (χ1v) is 8.29. The van der Waals surface area contributed by atoms with Crippen LogP contribution < -0.4 is 10.5 Å². The van der Waals surface area contributed by atoms with Crippen LogP contribution >= 0.6 is 11.3 Å². The summed E-state index contributed by atoms with van der Waals surface area (Å²) in [4.78, 5) is 0.256. The number of rotatable bonds is 5. The summed E-state index contributed by atoms with van der Waals surface area (Å²) in [6, 6.07) is 8.27. The van der Waals surface area contributed by atoms with E-state index in [2.05, 4.69) is 4.72 Å². The molecule has 0 aliphatic heterocycles. The maximum absolute atomic E-state index is 12.2. The summed E-state index contributed by atoms with van der Waals surface area (Å²) in [6.07, 6.45) is 0. The number of hydrogen-bond acceptors (Lipinski definition) is 4. The molecule has 1 aromatic heterocycles. The summed E-state index contributed by atoms with van der Waals surface area (Å²) in [6.45, 7) is 2.23. The fourth-order valence-electron chi connectivity index (χ4n) is 1.69. The Kier molecular flexibility index (Phi) is 4.36. The van der Waals surface area contributed by atoms with Crippen LogP contribution in [0.3, 0.4) is 0 Å². The van der Waals surface area contributed by atoms with Crippen LogP contribution in [-0.4, -0.2) is 8.42 Å². The summed E-state index contributed by atoms with van der Waals surface area (Å²) in [5, 5.41) is 3.86. The molecular formula is C13H16N2O2S2. The number of thiophene rings is 1. The van der Waals surface area contributed by atoms with E-state index in [1.54, 1.807) is 35.6 Å². The number of nitrogens with two attached hydrogens (primary N) is 1. The van der Waals surface area contributed by atoms with Crippen LogP contribution in [0.5, 0.6) is 0 Å². The van der Waals surface area contributed by atoms with Crippen molar-refractivity contribution in [2.75, 3.05) is 0 Å². The van der Waals surface area contributed by atoms with Crippen molar-refractivity contribution in [3.8, 4) is 0 Å². The first-order chi connectivity index (χ1) is 9.03. The number of sulfonamides is 1. The highest BCUT2D eigenvalue weighted by atomic mass is 32.2. The summed E-state index contributed by atoms with van der Waals surface area (Å²) in [7, 11) is -3.50. The van der Waals surface area contributed by atoms with Crippen molar-refractivity contribution in [3.63, 3.8) is 0 Å². The van der Waals surface area contributed by atoms with Crippen molar-refractivity contribution >= 4 is 21.4 Å². The molecule has 19 heavy (non-hydrogen) atoms. The molecule has 102 valence electrons. The third-order valence-corrected chi connectivity index (χ3v) is 5.10. The molecule has 0 fully saturated rings. The quantitative estimate of drug-likeness (QED) is 0.889. The molecule has 3 N–H and O–H groups in total. The molecule has 1 atom stereocenters. The molecule has 0 aliphatic carbocycles. The van der Waals surface area contributed by atoms with E-state index in [9.17, 15) is 8.42 Å². The molecule has 0 spiro atoms. The Morgan fingerprint density at radius 1 is 1.26 bits per heavy atom. The number of hydrogen-bond donors (Lipinski definition) is 2. The molecule has 1 unspecified atom stereocenters. The largest absolute Gasteiger partial charge is 0.326 e. The van der Waals surface area contributed by atoms with Gasteiger partial charge in [-0.2, -0.15) is 11.3 Å². The van der Waals surface area contributed by atoms with E-state index >= 15 is 0 Å². The predicted octanol–water partition coefficient (Wildman–Crippen LogP) is 2.25. The van der Waals surface area contributed by atoms with Gasteiger partial charge in [-0.15, -0.1) is 0 Å². The molecular weight excluding hydrogens is 280 g/mol. The van der Waals surface area contributed by atoms with Crippen LogP contribution in [0.2, 0.25) is 0 Å². The van der Waals surface area contributed by atoms with Gasteiger partial charge in [0, 0.05) is 12.6 Å². The molecule has 0 saturated heterocycles. The molecule has 0 aliphatic rings. The Balaban J connectivity index is 2.17. The first-order valence-electron chi connectivity index (χ1n) is 5.86. The van der Waals surface area contributed by atoms with Gasteiger partial charge in [-0.1, -0.05) is 12.1 Å². The Bertz CT molecular complexity index is 619. The average Bonchev–Trinajstić information content (AvgIpc) is 2.92. The van der Waals surface area contributed by atoms with Crippen LogP contribution in [-0.2, 0) is 16.6 Å². The molecule has 0 amide bonds. The smallest absolute Gasteiger partial charge is 0.241 e. The molecule has 1 heterocycles. The second kappa shape index (κ2) is 5.83. The highest BCUT2D eigenvalue weighted by Gasteiger charge is 2.18. The molecule has 1 aromatic carbocycles. The van der Waals surface area contributed by atoms with Crippen molar-refractivity contribution < 1.29 is 8.42 Å². The lowest BCUT2D eigenvalue weighted by Crippen LogP contribution is -2.26. The van der Waals surface area contributed by atoms with Crippen molar-refractivity contribution in [2.45, 2.75) is 24.4 Å². The van der Waals surface area contributed by atoms with Crippen LogP contribution in [0, 0.1) is 0 Å². The maximum atomic E-state index is 12.2. The average molecular weight is 296 g/mol. The highest BCUT2D eigenvalue weighted by molar-refractivity contribution is 7.89. The molecule has 2 aromatic rings. The van der Waals surface area contributed by atoms with E-state index in [0.717, 1.165) is 11.1 Å². The second-order valence-electron chi connectivity index (χ2n) is 4.25. The zero-order valence-corrected chi connectivity index (χ0v) is 12.2. The summed E-state index contributed by atoms with van der Waals surface area (Å²) in [5.41, 5.74) is 7.36. The van der Waals surface area contributed by atoms with Gasteiger partial charge in [-0.25, -0.2) is 13.1 Å². The van der Waals surface area contributed by atoms with E-state index in [1.165, 1.54) is 0 Å². The SMILES string of the molecule is CC(NS(=O)(=O)c1ccc(CN)cc1)c1ccsc1. The predicted molar refractivity (Wildman–Crippen MR) is 77.4 cm³/mol. The summed E-state index contributed by atoms with van der Waals surface area (Å²) in [5.74, 6) is 0. The monoisotopic (exact) mass is 296 g/mol.